The summed E-state index contributed by atoms with van der Waals surface area (Å²) in [5.41, 5.74) is 0. The number of carbonyl (C=O) groups is 1. The van der Waals surface area contributed by atoms with Gasteiger partial charge in [-0.2, -0.15) is 4.98 Å². The van der Waals surface area contributed by atoms with Crippen molar-refractivity contribution in [3.05, 3.63) is 23.3 Å². The standard InChI is InChI=1S/C15H20N4O2S/c1-19-8-4-2-3-6-11(19)14(20)16-10-13-17-15(21-18-13)12-7-5-9-22-12/h5,7,9,11H,2-4,6,8,10H2,1H3,(H,16,20)/t11-/m1/s1. The highest BCUT2D eigenvalue weighted by molar-refractivity contribution is 7.13. The van der Waals surface area contributed by atoms with Gasteiger partial charge in [-0.15, -0.1) is 11.3 Å². The molecule has 118 valence electrons. The number of rotatable bonds is 4. The van der Waals surface area contributed by atoms with Gasteiger partial charge in [0.05, 0.1) is 17.5 Å². The summed E-state index contributed by atoms with van der Waals surface area (Å²) in [5, 5.41) is 8.80. The molecule has 1 saturated heterocycles. The molecule has 1 aliphatic heterocycles. The fourth-order valence-electron chi connectivity index (χ4n) is 2.69. The summed E-state index contributed by atoms with van der Waals surface area (Å²) in [4.78, 5) is 19.7. The molecule has 7 heteroatoms. The second kappa shape index (κ2) is 7.02. The maximum atomic E-state index is 12.3. The summed E-state index contributed by atoms with van der Waals surface area (Å²) in [6.45, 7) is 1.28. The number of likely N-dealkylation sites (tertiary alicyclic amines) is 1. The van der Waals surface area contributed by atoms with Crippen LogP contribution < -0.4 is 5.32 Å². The van der Waals surface area contributed by atoms with Crippen molar-refractivity contribution in [1.29, 1.82) is 0 Å². The van der Waals surface area contributed by atoms with Crippen LogP contribution in [-0.2, 0) is 11.3 Å². The molecule has 2 aromatic heterocycles. The molecular formula is C15H20N4O2S. The fourth-order valence-corrected chi connectivity index (χ4v) is 3.34. The molecule has 0 spiro atoms. The Morgan fingerprint density at radius 2 is 2.41 bits per heavy atom. The topological polar surface area (TPSA) is 71.3 Å². The third-order valence-electron chi connectivity index (χ3n) is 3.94. The van der Waals surface area contributed by atoms with Gasteiger partial charge in [0.2, 0.25) is 5.91 Å². The summed E-state index contributed by atoms with van der Waals surface area (Å²) in [5.74, 6) is 1.06. The van der Waals surface area contributed by atoms with E-state index in [1.165, 1.54) is 6.42 Å². The maximum absolute atomic E-state index is 12.3. The molecule has 1 N–H and O–H groups in total. The van der Waals surface area contributed by atoms with E-state index >= 15 is 0 Å². The third kappa shape index (κ3) is 3.53. The lowest BCUT2D eigenvalue weighted by atomic mass is 10.1. The van der Waals surface area contributed by atoms with Crippen LogP contribution in [0.2, 0.25) is 0 Å². The van der Waals surface area contributed by atoms with Crippen molar-refractivity contribution in [3.8, 4) is 10.8 Å². The summed E-state index contributed by atoms with van der Waals surface area (Å²) in [6, 6.07) is 3.82. The first kappa shape index (κ1) is 15.2. The molecule has 3 heterocycles. The van der Waals surface area contributed by atoms with E-state index in [2.05, 4.69) is 20.4 Å². The molecule has 1 amide bonds. The van der Waals surface area contributed by atoms with Crippen LogP contribution in [0.4, 0.5) is 0 Å². The third-order valence-corrected chi connectivity index (χ3v) is 4.80. The minimum absolute atomic E-state index is 0.0480. The van der Waals surface area contributed by atoms with Crippen molar-refractivity contribution < 1.29 is 9.32 Å². The first-order valence-electron chi connectivity index (χ1n) is 7.58. The van der Waals surface area contributed by atoms with Gasteiger partial charge >= 0.3 is 0 Å². The molecule has 0 saturated carbocycles. The Morgan fingerprint density at radius 1 is 1.50 bits per heavy atom. The van der Waals surface area contributed by atoms with E-state index < -0.39 is 0 Å². The molecule has 1 aliphatic rings. The number of hydrogen-bond acceptors (Lipinski definition) is 6. The van der Waals surface area contributed by atoms with E-state index in [4.69, 9.17) is 4.52 Å². The summed E-state index contributed by atoms with van der Waals surface area (Å²) in [7, 11) is 2.01. The number of nitrogens with one attached hydrogen (secondary N) is 1. The molecule has 0 aromatic carbocycles. The molecule has 0 aliphatic carbocycles. The zero-order chi connectivity index (χ0) is 15.4. The average Bonchev–Trinajstić information content (AvgIpc) is 3.15. The normalized spacial score (nSPS) is 19.8. The highest BCUT2D eigenvalue weighted by Crippen LogP contribution is 2.22. The van der Waals surface area contributed by atoms with Gasteiger partial charge in [-0.3, -0.25) is 9.69 Å². The van der Waals surface area contributed by atoms with Crippen molar-refractivity contribution in [2.75, 3.05) is 13.6 Å². The number of nitrogens with zero attached hydrogens (tertiary/aromatic N) is 3. The van der Waals surface area contributed by atoms with E-state index in [1.54, 1.807) is 11.3 Å². The number of thiophene rings is 1. The molecule has 0 radical (unpaired) electrons. The molecule has 2 aromatic rings. The number of aromatic nitrogens is 2. The van der Waals surface area contributed by atoms with E-state index in [9.17, 15) is 4.79 Å². The minimum atomic E-state index is -0.0498. The van der Waals surface area contributed by atoms with E-state index in [0.29, 0.717) is 18.3 Å². The van der Waals surface area contributed by atoms with Crippen LogP contribution in [-0.4, -0.2) is 40.6 Å². The average molecular weight is 320 g/mol. The Bertz CT molecular complexity index is 611. The van der Waals surface area contributed by atoms with Crippen molar-refractivity contribution in [2.45, 2.75) is 38.3 Å². The number of amides is 1. The Hall–Kier alpha value is -1.73. The van der Waals surface area contributed by atoms with Crippen LogP contribution in [0.3, 0.4) is 0 Å². The molecule has 3 rings (SSSR count). The summed E-state index contributed by atoms with van der Waals surface area (Å²) in [6.07, 6.45) is 4.38. The smallest absolute Gasteiger partial charge is 0.268 e. The predicted octanol–water partition coefficient (Wildman–Crippen LogP) is 2.29. The van der Waals surface area contributed by atoms with Gasteiger partial charge in [0, 0.05) is 0 Å². The predicted molar refractivity (Wildman–Crippen MR) is 84.3 cm³/mol. The van der Waals surface area contributed by atoms with Crippen molar-refractivity contribution in [3.63, 3.8) is 0 Å². The van der Waals surface area contributed by atoms with Crippen LogP contribution in [0.25, 0.3) is 10.8 Å². The summed E-state index contributed by atoms with van der Waals surface area (Å²) < 4.78 is 5.22. The SMILES string of the molecule is CN1CCCCC[C@@H]1C(=O)NCc1noc(-c2cccs2)n1. The second-order valence-corrected chi connectivity index (χ2v) is 6.50. The van der Waals surface area contributed by atoms with Gasteiger partial charge in [0.15, 0.2) is 5.82 Å². The van der Waals surface area contributed by atoms with Crippen molar-refractivity contribution >= 4 is 17.2 Å². The zero-order valence-electron chi connectivity index (χ0n) is 12.6. The molecular weight excluding hydrogens is 300 g/mol. The van der Waals surface area contributed by atoms with E-state index in [-0.39, 0.29) is 11.9 Å². The number of carbonyl (C=O) groups excluding carboxylic acids is 1. The molecule has 1 fully saturated rings. The highest BCUT2D eigenvalue weighted by Gasteiger charge is 2.24. The minimum Gasteiger partial charge on any atom is -0.347 e. The monoisotopic (exact) mass is 320 g/mol. The van der Waals surface area contributed by atoms with Crippen LogP contribution in [0.15, 0.2) is 22.0 Å². The number of hydrogen-bond donors (Lipinski definition) is 1. The molecule has 0 bridgehead atoms. The molecule has 6 nitrogen and oxygen atoms in total. The lowest BCUT2D eigenvalue weighted by Crippen LogP contribution is -2.44. The number of likely N-dealkylation sites (N-methyl/N-ethyl adjacent to an activating group) is 1. The first-order chi connectivity index (χ1) is 10.7. The fraction of sp³-hybridized carbons (Fsp3) is 0.533. The van der Waals surface area contributed by atoms with E-state index in [0.717, 1.165) is 30.7 Å². The Balaban J connectivity index is 1.56. The van der Waals surface area contributed by atoms with Gasteiger partial charge < -0.3 is 9.84 Å². The maximum Gasteiger partial charge on any atom is 0.268 e. The summed E-state index contributed by atoms with van der Waals surface area (Å²) >= 11 is 1.55. The Labute approximate surface area is 133 Å². The van der Waals surface area contributed by atoms with E-state index in [1.807, 2.05) is 24.6 Å². The van der Waals surface area contributed by atoms with Crippen LogP contribution >= 0.6 is 11.3 Å². The van der Waals surface area contributed by atoms with Crippen LogP contribution in [0, 0.1) is 0 Å². The largest absolute Gasteiger partial charge is 0.347 e. The highest BCUT2D eigenvalue weighted by atomic mass is 32.1. The van der Waals surface area contributed by atoms with Crippen molar-refractivity contribution in [2.24, 2.45) is 0 Å². The lowest BCUT2D eigenvalue weighted by molar-refractivity contribution is -0.126. The van der Waals surface area contributed by atoms with Crippen LogP contribution in [0.1, 0.15) is 31.5 Å². The van der Waals surface area contributed by atoms with Crippen LogP contribution in [0.5, 0.6) is 0 Å². The quantitative estimate of drug-likeness (QED) is 0.936. The Kier molecular flexibility index (Phi) is 4.84. The van der Waals surface area contributed by atoms with Gasteiger partial charge in [-0.1, -0.05) is 24.1 Å². The molecule has 22 heavy (non-hydrogen) atoms. The Morgan fingerprint density at radius 3 is 3.23 bits per heavy atom. The first-order valence-corrected chi connectivity index (χ1v) is 8.46. The molecule has 0 unspecified atom stereocenters. The van der Waals surface area contributed by atoms with Gasteiger partial charge in [-0.25, -0.2) is 0 Å². The van der Waals surface area contributed by atoms with Gasteiger partial charge in [0.25, 0.3) is 5.89 Å². The molecule has 1 atom stereocenters. The van der Waals surface area contributed by atoms with Gasteiger partial charge in [0.1, 0.15) is 0 Å². The zero-order valence-corrected chi connectivity index (χ0v) is 13.4. The van der Waals surface area contributed by atoms with Crippen molar-refractivity contribution in [1.82, 2.24) is 20.4 Å². The second-order valence-electron chi connectivity index (χ2n) is 5.56. The van der Waals surface area contributed by atoms with Gasteiger partial charge in [-0.05, 0) is 37.9 Å². The lowest BCUT2D eigenvalue weighted by Gasteiger charge is -2.24.